The van der Waals surface area contributed by atoms with Crippen molar-refractivity contribution in [2.75, 3.05) is 0 Å². The molecule has 0 saturated heterocycles. The monoisotopic (exact) mass is 451 g/mol. The fourth-order valence-corrected chi connectivity index (χ4v) is 5.04. The van der Waals surface area contributed by atoms with Crippen molar-refractivity contribution >= 4 is 65.7 Å². The Morgan fingerprint density at radius 2 is 1.53 bits per heavy atom. The van der Waals surface area contributed by atoms with Crippen LogP contribution in [0, 0.1) is 0 Å². The Hall–Kier alpha value is -3.57. The summed E-state index contributed by atoms with van der Waals surface area (Å²) in [6.45, 7) is 0. The molecule has 142 valence electrons. The zero-order valence-corrected chi connectivity index (χ0v) is 17.3. The molecule has 0 unspecified atom stereocenters. The molecule has 0 N–H and O–H groups in total. The molecule has 3 heterocycles. The molecule has 7 rings (SSSR count). The average Bonchev–Trinajstić information content (AvgIpc) is 3.42. The number of para-hydroxylation sites is 4. The average molecular weight is 452 g/mol. The predicted molar refractivity (Wildman–Crippen MR) is 125 cm³/mol. The summed E-state index contributed by atoms with van der Waals surface area (Å²) in [7, 11) is 0. The van der Waals surface area contributed by atoms with Crippen LogP contribution in [0.5, 0.6) is 0 Å². The number of fused-ring (bicyclic) bond motifs is 8. The van der Waals surface area contributed by atoms with Crippen molar-refractivity contribution in [3.63, 3.8) is 0 Å². The van der Waals surface area contributed by atoms with Gasteiger partial charge in [0, 0.05) is 15.2 Å². The number of aromatic nitrogens is 3. The third-order valence-electron chi connectivity index (χ3n) is 5.79. The van der Waals surface area contributed by atoms with Gasteiger partial charge in [-0.3, -0.25) is 8.97 Å². The third kappa shape index (κ3) is 2.02. The number of rotatable bonds is 1. The highest BCUT2D eigenvalue weighted by atomic mass is 79.9. The first-order chi connectivity index (χ1) is 14.8. The quantitative estimate of drug-likeness (QED) is 0.267. The van der Waals surface area contributed by atoms with Gasteiger partial charge in [0.05, 0.1) is 27.8 Å². The summed E-state index contributed by atoms with van der Waals surface area (Å²) >= 11 is 3.72. The normalized spacial score (nSPS) is 12.2. The number of hydrogen-bond acceptors (Lipinski definition) is 2. The third-order valence-corrected chi connectivity index (χ3v) is 6.43. The van der Waals surface area contributed by atoms with Crippen LogP contribution in [0.15, 0.2) is 93.8 Å². The van der Waals surface area contributed by atoms with Crippen LogP contribution < -0.4 is 0 Å². The number of benzene rings is 4. The van der Waals surface area contributed by atoms with E-state index < -0.39 is 0 Å². The fraction of sp³-hybridized carbons (Fsp3) is 0. The highest BCUT2D eigenvalue weighted by Gasteiger charge is 2.19. The summed E-state index contributed by atoms with van der Waals surface area (Å²) in [4.78, 5) is 4.99. The van der Waals surface area contributed by atoms with E-state index >= 15 is 0 Å². The van der Waals surface area contributed by atoms with E-state index in [1.165, 1.54) is 0 Å². The van der Waals surface area contributed by atoms with E-state index in [1.807, 2.05) is 24.3 Å². The van der Waals surface area contributed by atoms with Gasteiger partial charge in [-0.15, -0.1) is 0 Å². The van der Waals surface area contributed by atoms with Crippen molar-refractivity contribution in [3.8, 4) is 5.69 Å². The van der Waals surface area contributed by atoms with Gasteiger partial charge in [0.15, 0.2) is 0 Å². The van der Waals surface area contributed by atoms with Gasteiger partial charge in [-0.25, -0.2) is 4.98 Å². The lowest BCUT2D eigenvalue weighted by molar-refractivity contribution is 0.669. The topological polar surface area (TPSA) is 35.4 Å². The zero-order chi connectivity index (χ0) is 19.8. The van der Waals surface area contributed by atoms with E-state index in [4.69, 9.17) is 9.40 Å². The molecular formula is C25H14BrN3O. The van der Waals surface area contributed by atoms with Crippen molar-refractivity contribution in [1.29, 1.82) is 0 Å². The van der Waals surface area contributed by atoms with Crippen LogP contribution in [0.3, 0.4) is 0 Å². The van der Waals surface area contributed by atoms with Crippen molar-refractivity contribution in [3.05, 3.63) is 89.4 Å². The van der Waals surface area contributed by atoms with Gasteiger partial charge in [-0.1, -0.05) is 36.4 Å². The number of imidazole rings is 2. The van der Waals surface area contributed by atoms with Gasteiger partial charge in [-0.05, 0) is 64.5 Å². The van der Waals surface area contributed by atoms with Gasteiger partial charge >= 0.3 is 0 Å². The van der Waals surface area contributed by atoms with Crippen molar-refractivity contribution in [1.82, 2.24) is 14.0 Å². The van der Waals surface area contributed by atoms with Crippen molar-refractivity contribution < 1.29 is 4.42 Å². The maximum absolute atomic E-state index is 6.03. The first-order valence-electron chi connectivity index (χ1n) is 9.77. The van der Waals surface area contributed by atoms with Crippen molar-refractivity contribution in [2.24, 2.45) is 0 Å². The maximum atomic E-state index is 6.03. The summed E-state index contributed by atoms with van der Waals surface area (Å²) in [6, 6.07) is 29.1. The molecule has 0 aliphatic carbocycles. The highest BCUT2D eigenvalue weighted by molar-refractivity contribution is 9.10. The minimum Gasteiger partial charge on any atom is -0.456 e. The number of nitrogens with zero attached hydrogens (tertiary/aromatic N) is 3. The SMILES string of the molecule is Brc1cccc2nc3n(-c4ccc5oc6ccccc6c5c4)c4ccccc4n3c12. The fourth-order valence-electron chi connectivity index (χ4n) is 4.51. The Bertz CT molecular complexity index is 1770. The predicted octanol–water partition coefficient (Wildman–Crippen LogP) is 7.09. The van der Waals surface area contributed by atoms with E-state index in [0.29, 0.717) is 0 Å². The second-order valence-electron chi connectivity index (χ2n) is 7.46. The van der Waals surface area contributed by atoms with E-state index in [-0.39, 0.29) is 0 Å². The Labute approximate surface area is 179 Å². The van der Waals surface area contributed by atoms with Crippen molar-refractivity contribution in [2.45, 2.75) is 0 Å². The Kier molecular flexibility index (Phi) is 3.11. The van der Waals surface area contributed by atoms with Gasteiger partial charge < -0.3 is 4.42 Å². The molecule has 0 saturated carbocycles. The lowest BCUT2D eigenvalue weighted by atomic mass is 10.1. The summed E-state index contributed by atoms with van der Waals surface area (Å²) in [5, 5.41) is 2.23. The molecule has 0 spiro atoms. The smallest absolute Gasteiger partial charge is 0.220 e. The molecule has 30 heavy (non-hydrogen) atoms. The molecule has 0 fully saturated rings. The van der Waals surface area contributed by atoms with Crippen LogP contribution in [-0.2, 0) is 0 Å². The number of halogens is 1. The molecule has 0 radical (unpaired) electrons. The Morgan fingerprint density at radius 1 is 0.733 bits per heavy atom. The number of hydrogen-bond donors (Lipinski definition) is 0. The largest absolute Gasteiger partial charge is 0.456 e. The molecule has 4 nitrogen and oxygen atoms in total. The second kappa shape index (κ2) is 5.74. The summed E-state index contributed by atoms with van der Waals surface area (Å²) in [6.07, 6.45) is 0. The van der Waals surface area contributed by atoms with E-state index in [0.717, 1.165) is 59.9 Å². The highest BCUT2D eigenvalue weighted by Crippen LogP contribution is 2.35. The Morgan fingerprint density at radius 3 is 2.47 bits per heavy atom. The summed E-state index contributed by atoms with van der Waals surface area (Å²) in [5.74, 6) is 0.894. The second-order valence-corrected chi connectivity index (χ2v) is 8.31. The van der Waals surface area contributed by atoms with Crippen LogP contribution in [-0.4, -0.2) is 14.0 Å². The van der Waals surface area contributed by atoms with Crippen LogP contribution >= 0.6 is 15.9 Å². The molecule has 0 amide bonds. The first-order valence-corrected chi connectivity index (χ1v) is 10.6. The molecule has 0 bridgehead atoms. The maximum Gasteiger partial charge on any atom is 0.220 e. The van der Waals surface area contributed by atoms with Gasteiger partial charge in [-0.2, -0.15) is 0 Å². The minimum atomic E-state index is 0.892. The Balaban J connectivity index is 1.66. The van der Waals surface area contributed by atoms with E-state index in [1.54, 1.807) is 0 Å². The van der Waals surface area contributed by atoms with Gasteiger partial charge in [0.2, 0.25) is 5.78 Å². The van der Waals surface area contributed by atoms with E-state index in [9.17, 15) is 0 Å². The summed E-state index contributed by atoms with van der Waals surface area (Å²) < 4.78 is 11.5. The van der Waals surface area contributed by atoms with Crippen LogP contribution in [0.4, 0.5) is 0 Å². The van der Waals surface area contributed by atoms with Gasteiger partial charge in [0.1, 0.15) is 11.2 Å². The lowest BCUT2D eigenvalue weighted by Gasteiger charge is -2.05. The molecule has 5 heteroatoms. The van der Waals surface area contributed by atoms with E-state index in [2.05, 4.69) is 85.6 Å². The van der Waals surface area contributed by atoms with Gasteiger partial charge in [0.25, 0.3) is 0 Å². The standard InChI is InChI=1S/C25H14BrN3O/c26-18-7-5-8-19-24(18)29-21-10-3-2-9-20(21)28(25(29)27-19)15-12-13-23-17(14-15)16-6-1-4-11-22(16)30-23/h1-14H. The minimum absolute atomic E-state index is 0.892. The summed E-state index contributed by atoms with van der Waals surface area (Å²) in [5.41, 5.74) is 7.15. The molecule has 7 aromatic rings. The number of furan rings is 1. The molecular weight excluding hydrogens is 438 g/mol. The van der Waals surface area contributed by atoms with Crippen LogP contribution in [0.1, 0.15) is 0 Å². The molecule has 0 aliphatic heterocycles. The first kappa shape index (κ1) is 16.3. The molecule has 0 atom stereocenters. The molecule has 4 aromatic carbocycles. The van der Waals surface area contributed by atoms with Crippen LogP contribution in [0.25, 0.3) is 55.5 Å². The molecule has 0 aliphatic rings. The lowest BCUT2D eigenvalue weighted by Crippen LogP contribution is -1.94. The zero-order valence-electron chi connectivity index (χ0n) is 15.7. The molecule has 3 aromatic heterocycles. The van der Waals surface area contributed by atoms with Crippen LogP contribution in [0.2, 0.25) is 0 Å².